The number of piperidine rings is 1. The SMILES string of the molecule is COc1ccc(CNC(=O)NC2CCN(C(=O)c3ccoc3)CC2)cn1. The molecule has 8 nitrogen and oxygen atoms in total. The maximum absolute atomic E-state index is 12.2. The lowest BCUT2D eigenvalue weighted by Gasteiger charge is -2.32. The molecule has 2 aromatic rings. The van der Waals surface area contributed by atoms with Crippen molar-refractivity contribution in [3.63, 3.8) is 0 Å². The van der Waals surface area contributed by atoms with Gasteiger partial charge in [-0.1, -0.05) is 6.07 Å². The summed E-state index contributed by atoms with van der Waals surface area (Å²) >= 11 is 0. The number of hydrogen-bond donors (Lipinski definition) is 2. The molecule has 1 saturated heterocycles. The van der Waals surface area contributed by atoms with Crippen molar-refractivity contribution in [3.8, 4) is 5.88 Å². The maximum Gasteiger partial charge on any atom is 0.315 e. The highest BCUT2D eigenvalue weighted by molar-refractivity contribution is 5.93. The van der Waals surface area contributed by atoms with E-state index >= 15 is 0 Å². The van der Waals surface area contributed by atoms with Crippen LogP contribution >= 0.6 is 0 Å². The van der Waals surface area contributed by atoms with Crippen LogP contribution in [0.2, 0.25) is 0 Å². The zero-order valence-electron chi connectivity index (χ0n) is 14.6. The van der Waals surface area contributed by atoms with Crippen molar-refractivity contribution in [1.29, 1.82) is 0 Å². The number of carbonyl (C=O) groups excluding carboxylic acids is 2. The summed E-state index contributed by atoms with van der Waals surface area (Å²) in [6.07, 6.45) is 6.06. The Labute approximate surface area is 151 Å². The minimum absolute atomic E-state index is 0.0337. The molecule has 0 aromatic carbocycles. The molecule has 1 fully saturated rings. The molecule has 3 rings (SSSR count). The summed E-state index contributed by atoms with van der Waals surface area (Å²) in [5.41, 5.74) is 1.45. The average molecular weight is 358 g/mol. The predicted molar refractivity (Wildman–Crippen MR) is 93.8 cm³/mol. The Morgan fingerprint density at radius 1 is 1.31 bits per heavy atom. The van der Waals surface area contributed by atoms with Gasteiger partial charge in [0.15, 0.2) is 0 Å². The van der Waals surface area contributed by atoms with Gasteiger partial charge in [-0.25, -0.2) is 9.78 Å². The van der Waals surface area contributed by atoms with Crippen molar-refractivity contribution in [3.05, 3.63) is 48.0 Å². The van der Waals surface area contributed by atoms with Crippen molar-refractivity contribution in [2.75, 3.05) is 20.2 Å². The fraction of sp³-hybridized carbons (Fsp3) is 0.389. The monoisotopic (exact) mass is 358 g/mol. The first-order valence-electron chi connectivity index (χ1n) is 8.50. The van der Waals surface area contributed by atoms with E-state index in [-0.39, 0.29) is 18.0 Å². The molecule has 8 heteroatoms. The Hall–Kier alpha value is -3.03. The van der Waals surface area contributed by atoms with E-state index in [2.05, 4.69) is 15.6 Å². The molecule has 0 unspecified atom stereocenters. The van der Waals surface area contributed by atoms with E-state index in [0.29, 0.717) is 31.1 Å². The zero-order chi connectivity index (χ0) is 18.4. The zero-order valence-corrected chi connectivity index (χ0v) is 14.6. The summed E-state index contributed by atoms with van der Waals surface area (Å²) < 4.78 is 9.95. The number of carbonyl (C=O) groups is 2. The van der Waals surface area contributed by atoms with Gasteiger partial charge >= 0.3 is 6.03 Å². The first-order valence-corrected chi connectivity index (χ1v) is 8.50. The Morgan fingerprint density at radius 3 is 2.73 bits per heavy atom. The van der Waals surface area contributed by atoms with Crippen LogP contribution < -0.4 is 15.4 Å². The Morgan fingerprint density at radius 2 is 2.12 bits per heavy atom. The van der Waals surface area contributed by atoms with Crippen LogP contribution in [0, 0.1) is 0 Å². The van der Waals surface area contributed by atoms with Crippen molar-refractivity contribution in [1.82, 2.24) is 20.5 Å². The third-order valence-electron chi connectivity index (χ3n) is 4.35. The van der Waals surface area contributed by atoms with Gasteiger partial charge in [0.1, 0.15) is 6.26 Å². The molecule has 1 aliphatic rings. The summed E-state index contributed by atoms with van der Waals surface area (Å²) in [6, 6.07) is 5.10. The predicted octanol–water partition coefficient (Wildman–Crippen LogP) is 1.79. The molecule has 2 aromatic heterocycles. The second kappa shape index (κ2) is 8.37. The van der Waals surface area contributed by atoms with E-state index < -0.39 is 0 Å². The van der Waals surface area contributed by atoms with Gasteiger partial charge in [-0.3, -0.25) is 4.79 Å². The van der Waals surface area contributed by atoms with Gasteiger partial charge in [0.05, 0.1) is 18.9 Å². The van der Waals surface area contributed by atoms with Crippen LogP contribution in [0.25, 0.3) is 0 Å². The fourth-order valence-electron chi connectivity index (χ4n) is 2.85. The van der Waals surface area contributed by atoms with Gasteiger partial charge in [-0.05, 0) is 24.5 Å². The highest BCUT2D eigenvalue weighted by atomic mass is 16.5. The molecule has 26 heavy (non-hydrogen) atoms. The third-order valence-corrected chi connectivity index (χ3v) is 4.35. The van der Waals surface area contributed by atoms with Crippen LogP contribution in [0.1, 0.15) is 28.8 Å². The van der Waals surface area contributed by atoms with Gasteiger partial charge in [0, 0.05) is 37.9 Å². The summed E-state index contributed by atoms with van der Waals surface area (Å²) in [7, 11) is 1.56. The number of amides is 3. The number of nitrogens with one attached hydrogen (secondary N) is 2. The smallest absolute Gasteiger partial charge is 0.315 e. The lowest BCUT2D eigenvalue weighted by Crippen LogP contribution is -2.49. The molecule has 1 aliphatic heterocycles. The van der Waals surface area contributed by atoms with Gasteiger partial charge in [0.2, 0.25) is 5.88 Å². The van der Waals surface area contributed by atoms with Gasteiger partial charge in [0.25, 0.3) is 5.91 Å². The molecule has 3 heterocycles. The number of aromatic nitrogens is 1. The number of urea groups is 1. The van der Waals surface area contributed by atoms with E-state index in [0.717, 1.165) is 18.4 Å². The molecule has 0 saturated carbocycles. The lowest BCUT2D eigenvalue weighted by molar-refractivity contribution is 0.0707. The first kappa shape index (κ1) is 17.8. The Balaban J connectivity index is 1.39. The van der Waals surface area contributed by atoms with Gasteiger partial charge < -0.3 is 24.7 Å². The Bertz CT molecular complexity index is 722. The molecular formula is C18H22N4O4. The van der Waals surface area contributed by atoms with Crippen LogP contribution in [0.15, 0.2) is 41.3 Å². The van der Waals surface area contributed by atoms with Gasteiger partial charge in [-0.15, -0.1) is 0 Å². The summed E-state index contributed by atoms with van der Waals surface area (Å²) in [4.78, 5) is 30.2. The molecule has 0 spiro atoms. The number of likely N-dealkylation sites (tertiary alicyclic amines) is 1. The van der Waals surface area contributed by atoms with Crippen LogP contribution in [0.4, 0.5) is 4.79 Å². The number of methoxy groups -OCH3 is 1. The molecule has 0 radical (unpaired) electrons. The number of nitrogens with zero attached hydrogens (tertiary/aromatic N) is 2. The average Bonchev–Trinajstić information content (AvgIpc) is 3.21. The normalized spacial score (nSPS) is 14.7. The number of ether oxygens (including phenoxy) is 1. The maximum atomic E-state index is 12.2. The van der Waals surface area contributed by atoms with E-state index in [9.17, 15) is 9.59 Å². The minimum atomic E-state index is -0.222. The van der Waals surface area contributed by atoms with E-state index in [1.807, 2.05) is 6.07 Å². The van der Waals surface area contributed by atoms with Crippen molar-refractivity contribution < 1.29 is 18.7 Å². The number of pyridine rings is 1. The van der Waals surface area contributed by atoms with Crippen LogP contribution in [0.5, 0.6) is 5.88 Å². The third kappa shape index (κ3) is 4.53. The lowest BCUT2D eigenvalue weighted by atomic mass is 10.0. The van der Waals surface area contributed by atoms with Crippen LogP contribution in [0.3, 0.4) is 0 Å². The largest absolute Gasteiger partial charge is 0.481 e. The van der Waals surface area contributed by atoms with Gasteiger partial charge in [-0.2, -0.15) is 0 Å². The van der Waals surface area contributed by atoms with Crippen molar-refractivity contribution >= 4 is 11.9 Å². The summed E-state index contributed by atoms with van der Waals surface area (Å²) in [5.74, 6) is 0.503. The second-order valence-corrected chi connectivity index (χ2v) is 6.11. The highest BCUT2D eigenvalue weighted by Gasteiger charge is 2.24. The molecule has 0 atom stereocenters. The number of hydrogen-bond acceptors (Lipinski definition) is 5. The molecule has 3 amide bonds. The highest BCUT2D eigenvalue weighted by Crippen LogP contribution is 2.14. The Kier molecular flexibility index (Phi) is 5.73. The van der Waals surface area contributed by atoms with Crippen molar-refractivity contribution in [2.45, 2.75) is 25.4 Å². The molecule has 0 aliphatic carbocycles. The topological polar surface area (TPSA) is 96.7 Å². The summed E-state index contributed by atoms with van der Waals surface area (Å²) in [5, 5.41) is 5.77. The van der Waals surface area contributed by atoms with Crippen molar-refractivity contribution in [2.24, 2.45) is 0 Å². The van der Waals surface area contributed by atoms with E-state index in [1.54, 1.807) is 30.3 Å². The first-order chi connectivity index (χ1) is 12.7. The molecule has 0 bridgehead atoms. The summed E-state index contributed by atoms with van der Waals surface area (Å²) in [6.45, 7) is 1.61. The van der Waals surface area contributed by atoms with Crippen LogP contribution in [-0.4, -0.2) is 48.1 Å². The van der Waals surface area contributed by atoms with E-state index in [4.69, 9.17) is 9.15 Å². The fourth-order valence-corrected chi connectivity index (χ4v) is 2.85. The van der Waals surface area contributed by atoms with E-state index in [1.165, 1.54) is 12.5 Å². The minimum Gasteiger partial charge on any atom is -0.481 e. The molecule has 2 N–H and O–H groups in total. The number of furan rings is 1. The molecule has 138 valence electrons. The molecular weight excluding hydrogens is 336 g/mol. The second-order valence-electron chi connectivity index (χ2n) is 6.11. The quantitative estimate of drug-likeness (QED) is 0.849. The number of rotatable bonds is 5. The standard InChI is InChI=1S/C18H22N4O4/c1-25-16-3-2-13(10-19-16)11-20-18(24)21-15-4-7-22(8-5-15)17(23)14-6-9-26-12-14/h2-3,6,9-10,12,15H,4-5,7-8,11H2,1H3,(H2,20,21,24). The van der Waals surface area contributed by atoms with Crippen LogP contribution in [-0.2, 0) is 6.54 Å².